The lowest BCUT2D eigenvalue weighted by Crippen LogP contribution is -2.46. The van der Waals surface area contributed by atoms with Crippen molar-refractivity contribution in [1.82, 2.24) is 15.5 Å². The third-order valence-electron chi connectivity index (χ3n) is 5.18. The van der Waals surface area contributed by atoms with Crippen LogP contribution in [-0.2, 0) is 9.47 Å². The van der Waals surface area contributed by atoms with E-state index in [-0.39, 0.29) is 6.04 Å². The zero-order chi connectivity index (χ0) is 21.6. The molecule has 1 fully saturated rings. The average molecular weight is 423 g/mol. The molecule has 1 saturated heterocycles. The molecule has 0 amide bonds. The molecule has 30 heavy (non-hydrogen) atoms. The van der Waals surface area contributed by atoms with E-state index >= 15 is 0 Å². The van der Waals surface area contributed by atoms with Crippen LogP contribution >= 0.6 is 0 Å². The Labute approximate surface area is 180 Å². The monoisotopic (exact) mass is 422 g/mol. The van der Waals surface area contributed by atoms with Crippen LogP contribution in [0.5, 0.6) is 11.5 Å². The summed E-state index contributed by atoms with van der Waals surface area (Å²) >= 11 is 0. The van der Waals surface area contributed by atoms with Crippen molar-refractivity contribution >= 4 is 5.96 Å². The highest BCUT2D eigenvalue weighted by Crippen LogP contribution is 2.32. The lowest BCUT2D eigenvalue weighted by Gasteiger charge is -2.35. The minimum absolute atomic E-state index is 0.171. The first-order valence-corrected chi connectivity index (χ1v) is 10.8. The van der Waals surface area contributed by atoms with Gasteiger partial charge in [-0.05, 0) is 37.5 Å². The molecule has 2 rings (SSSR count). The quantitative estimate of drug-likeness (QED) is 0.303. The number of aliphatic imine (C=N–C) groups is 1. The van der Waals surface area contributed by atoms with Crippen LogP contribution in [0.15, 0.2) is 23.2 Å². The number of hydrogen-bond donors (Lipinski definition) is 2. The fraction of sp³-hybridized carbons (Fsp3) is 0.682. The molecule has 8 heteroatoms. The summed E-state index contributed by atoms with van der Waals surface area (Å²) in [6.45, 7) is 8.48. The maximum absolute atomic E-state index is 5.55. The van der Waals surface area contributed by atoms with Gasteiger partial charge in [-0.15, -0.1) is 0 Å². The Morgan fingerprint density at radius 1 is 1.13 bits per heavy atom. The smallest absolute Gasteiger partial charge is 0.191 e. The SMILES string of the molecule is CCOCCCCNC(=NC)NCC(c1ccc(OC)c(OC)c1)N1CCOCC1. The Bertz CT molecular complexity index is 636. The number of hydrogen-bond acceptors (Lipinski definition) is 6. The molecule has 1 aromatic carbocycles. The zero-order valence-electron chi connectivity index (χ0n) is 18.9. The molecule has 0 bridgehead atoms. The van der Waals surface area contributed by atoms with Crippen molar-refractivity contribution in [2.45, 2.75) is 25.8 Å². The predicted octanol–water partition coefficient (Wildman–Crippen LogP) is 2.06. The van der Waals surface area contributed by atoms with Crippen LogP contribution in [-0.4, -0.2) is 84.7 Å². The summed E-state index contributed by atoms with van der Waals surface area (Å²) < 4.78 is 21.9. The average Bonchev–Trinajstić information content (AvgIpc) is 2.80. The molecule has 1 aliphatic rings. The molecule has 0 saturated carbocycles. The molecule has 170 valence electrons. The summed E-state index contributed by atoms with van der Waals surface area (Å²) in [5, 5.41) is 6.88. The Kier molecular flexibility index (Phi) is 11.4. The molecule has 1 aliphatic heterocycles. The van der Waals surface area contributed by atoms with Gasteiger partial charge in [0.05, 0.1) is 33.5 Å². The topological polar surface area (TPSA) is 76.6 Å². The van der Waals surface area contributed by atoms with Crippen LogP contribution in [0.4, 0.5) is 0 Å². The van der Waals surface area contributed by atoms with Gasteiger partial charge in [-0.25, -0.2) is 0 Å². The minimum atomic E-state index is 0.171. The molecular weight excluding hydrogens is 384 g/mol. The van der Waals surface area contributed by atoms with E-state index < -0.39 is 0 Å². The molecule has 1 heterocycles. The molecule has 0 aliphatic carbocycles. The first-order valence-electron chi connectivity index (χ1n) is 10.8. The number of nitrogens with zero attached hydrogens (tertiary/aromatic N) is 2. The van der Waals surface area contributed by atoms with Crippen LogP contribution in [0.2, 0.25) is 0 Å². The predicted molar refractivity (Wildman–Crippen MR) is 120 cm³/mol. The molecule has 0 spiro atoms. The largest absolute Gasteiger partial charge is 0.493 e. The Hall–Kier alpha value is -2.03. The number of morpholine rings is 1. The number of methoxy groups -OCH3 is 2. The van der Waals surface area contributed by atoms with Crippen molar-refractivity contribution in [2.75, 3.05) is 73.9 Å². The number of nitrogens with one attached hydrogen (secondary N) is 2. The van der Waals surface area contributed by atoms with E-state index in [0.29, 0.717) is 0 Å². The Morgan fingerprint density at radius 3 is 2.57 bits per heavy atom. The summed E-state index contributed by atoms with van der Waals surface area (Å²) in [6.07, 6.45) is 2.09. The molecular formula is C22H38N4O4. The van der Waals surface area contributed by atoms with Crippen LogP contribution in [0, 0.1) is 0 Å². The summed E-state index contributed by atoms with van der Waals surface area (Å²) in [4.78, 5) is 6.81. The number of ether oxygens (including phenoxy) is 4. The van der Waals surface area contributed by atoms with E-state index in [4.69, 9.17) is 18.9 Å². The standard InChI is InChI=1S/C22H38N4O4/c1-5-29-13-7-6-10-24-22(23-2)25-17-19(26-11-14-30-15-12-26)18-8-9-20(27-3)21(16-18)28-4/h8-9,16,19H,5-7,10-15,17H2,1-4H3,(H2,23,24,25). The van der Waals surface area contributed by atoms with E-state index in [9.17, 15) is 0 Å². The lowest BCUT2D eigenvalue weighted by atomic mass is 10.0. The van der Waals surface area contributed by atoms with Crippen LogP contribution in [0.3, 0.4) is 0 Å². The maximum atomic E-state index is 5.55. The van der Waals surface area contributed by atoms with E-state index in [1.807, 2.05) is 13.0 Å². The maximum Gasteiger partial charge on any atom is 0.191 e. The summed E-state index contributed by atoms with van der Waals surface area (Å²) in [5.74, 6) is 2.29. The fourth-order valence-electron chi connectivity index (χ4n) is 3.50. The van der Waals surface area contributed by atoms with Gasteiger partial charge in [-0.3, -0.25) is 9.89 Å². The molecule has 0 aromatic heterocycles. The van der Waals surface area contributed by atoms with Gasteiger partial charge < -0.3 is 29.6 Å². The molecule has 1 aromatic rings. The van der Waals surface area contributed by atoms with Crippen molar-refractivity contribution in [3.8, 4) is 11.5 Å². The Balaban J connectivity index is 1.99. The highest BCUT2D eigenvalue weighted by atomic mass is 16.5. The van der Waals surface area contributed by atoms with Crippen LogP contribution < -0.4 is 20.1 Å². The van der Waals surface area contributed by atoms with Crippen molar-refractivity contribution in [3.63, 3.8) is 0 Å². The normalized spacial score (nSPS) is 16.2. The van der Waals surface area contributed by atoms with E-state index in [0.717, 1.165) is 82.9 Å². The van der Waals surface area contributed by atoms with Gasteiger partial charge in [-0.1, -0.05) is 6.07 Å². The second kappa shape index (κ2) is 14.1. The number of rotatable bonds is 12. The van der Waals surface area contributed by atoms with Gasteiger partial charge in [0.1, 0.15) is 0 Å². The number of unbranched alkanes of at least 4 members (excludes halogenated alkanes) is 1. The van der Waals surface area contributed by atoms with Gasteiger partial charge in [0.2, 0.25) is 0 Å². The van der Waals surface area contributed by atoms with E-state index in [1.165, 1.54) is 5.56 Å². The summed E-state index contributed by atoms with van der Waals surface area (Å²) in [6, 6.07) is 6.30. The Morgan fingerprint density at radius 2 is 1.90 bits per heavy atom. The second-order valence-electron chi connectivity index (χ2n) is 7.06. The lowest BCUT2D eigenvalue weighted by molar-refractivity contribution is 0.0169. The van der Waals surface area contributed by atoms with Crippen molar-refractivity contribution < 1.29 is 18.9 Å². The third kappa shape index (κ3) is 7.66. The third-order valence-corrected chi connectivity index (χ3v) is 5.18. The first kappa shape index (κ1) is 24.2. The zero-order valence-corrected chi connectivity index (χ0v) is 18.9. The fourth-order valence-corrected chi connectivity index (χ4v) is 3.50. The van der Waals surface area contributed by atoms with Gasteiger partial charge in [-0.2, -0.15) is 0 Å². The molecule has 0 radical (unpaired) electrons. The van der Waals surface area contributed by atoms with E-state index in [1.54, 1.807) is 21.3 Å². The number of guanidine groups is 1. The summed E-state index contributed by atoms with van der Waals surface area (Å²) in [5.41, 5.74) is 1.18. The van der Waals surface area contributed by atoms with Crippen molar-refractivity contribution in [2.24, 2.45) is 4.99 Å². The van der Waals surface area contributed by atoms with Gasteiger partial charge >= 0.3 is 0 Å². The van der Waals surface area contributed by atoms with E-state index in [2.05, 4.69) is 32.7 Å². The molecule has 1 atom stereocenters. The van der Waals surface area contributed by atoms with Gasteiger partial charge in [0.15, 0.2) is 17.5 Å². The minimum Gasteiger partial charge on any atom is -0.493 e. The first-order chi connectivity index (χ1) is 14.7. The van der Waals surface area contributed by atoms with Gasteiger partial charge in [0.25, 0.3) is 0 Å². The molecule has 2 N–H and O–H groups in total. The van der Waals surface area contributed by atoms with Gasteiger partial charge in [0, 0.05) is 46.4 Å². The highest BCUT2D eigenvalue weighted by molar-refractivity contribution is 5.79. The number of benzene rings is 1. The second-order valence-corrected chi connectivity index (χ2v) is 7.06. The molecule has 1 unspecified atom stereocenters. The summed E-state index contributed by atoms with van der Waals surface area (Å²) in [7, 11) is 5.12. The van der Waals surface area contributed by atoms with Crippen molar-refractivity contribution in [1.29, 1.82) is 0 Å². The van der Waals surface area contributed by atoms with Crippen LogP contribution in [0.1, 0.15) is 31.4 Å². The van der Waals surface area contributed by atoms with Crippen molar-refractivity contribution in [3.05, 3.63) is 23.8 Å². The molecule has 8 nitrogen and oxygen atoms in total. The highest BCUT2D eigenvalue weighted by Gasteiger charge is 2.24. The van der Waals surface area contributed by atoms with Crippen LogP contribution in [0.25, 0.3) is 0 Å².